The van der Waals surface area contributed by atoms with Gasteiger partial charge in [0, 0.05) is 48.9 Å². The number of anilines is 4. The summed E-state index contributed by atoms with van der Waals surface area (Å²) in [7, 11) is 0. The van der Waals surface area contributed by atoms with Crippen LogP contribution in [0.2, 0.25) is 0 Å². The molecule has 1 aliphatic rings. The number of benzene rings is 2. The summed E-state index contributed by atoms with van der Waals surface area (Å²) in [4.78, 5) is 17.1. The molecule has 0 radical (unpaired) electrons. The van der Waals surface area contributed by atoms with E-state index in [-0.39, 0.29) is 12.5 Å². The lowest BCUT2D eigenvalue weighted by molar-refractivity contribution is -0.114. The molecular formula is C24H34N4O. The molecule has 0 aliphatic carbocycles. The number of piperidine rings is 1. The van der Waals surface area contributed by atoms with Crippen LogP contribution in [0.4, 0.5) is 22.7 Å². The van der Waals surface area contributed by atoms with Crippen LogP contribution in [-0.4, -0.2) is 38.6 Å². The molecule has 1 saturated heterocycles. The first-order chi connectivity index (χ1) is 14.1. The Morgan fingerprint density at radius 2 is 1.69 bits per heavy atom. The standard InChI is InChI=1S/C24H34N4O/c1-4-27(5-2)22-13-14-23(19(3)17-22)26-24(29)18-25-20-9-11-21(12-10-20)28-15-7-6-8-16-28/h9-14,17,25H,4-8,15-16,18H2,1-3H3,(H,26,29). The second kappa shape index (κ2) is 10.2. The van der Waals surface area contributed by atoms with Crippen molar-refractivity contribution in [3.63, 3.8) is 0 Å². The molecule has 29 heavy (non-hydrogen) atoms. The van der Waals surface area contributed by atoms with Gasteiger partial charge < -0.3 is 20.4 Å². The zero-order valence-electron chi connectivity index (χ0n) is 18.0. The minimum absolute atomic E-state index is 0.0382. The summed E-state index contributed by atoms with van der Waals surface area (Å²) in [5, 5.41) is 6.24. The van der Waals surface area contributed by atoms with Gasteiger partial charge in [0.2, 0.25) is 5.91 Å². The van der Waals surface area contributed by atoms with E-state index in [0.717, 1.165) is 43.1 Å². The van der Waals surface area contributed by atoms with Gasteiger partial charge in [-0.2, -0.15) is 0 Å². The van der Waals surface area contributed by atoms with Crippen LogP contribution >= 0.6 is 0 Å². The van der Waals surface area contributed by atoms with Gasteiger partial charge in [-0.3, -0.25) is 4.79 Å². The van der Waals surface area contributed by atoms with Crippen LogP contribution in [0.15, 0.2) is 42.5 Å². The number of nitrogens with one attached hydrogen (secondary N) is 2. The summed E-state index contributed by atoms with van der Waals surface area (Å²) < 4.78 is 0. The van der Waals surface area contributed by atoms with Gasteiger partial charge in [0.1, 0.15) is 0 Å². The van der Waals surface area contributed by atoms with Crippen molar-refractivity contribution in [1.82, 2.24) is 0 Å². The van der Waals surface area contributed by atoms with Crippen LogP contribution in [0.25, 0.3) is 0 Å². The van der Waals surface area contributed by atoms with Crippen LogP contribution < -0.4 is 20.4 Å². The number of nitrogens with zero attached hydrogens (tertiary/aromatic N) is 2. The number of carbonyl (C=O) groups is 1. The topological polar surface area (TPSA) is 47.6 Å². The lowest BCUT2D eigenvalue weighted by Gasteiger charge is -2.28. The van der Waals surface area contributed by atoms with E-state index in [9.17, 15) is 4.79 Å². The van der Waals surface area contributed by atoms with E-state index < -0.39 is 0 Å². The lowest BCUT2D eigenvalue weighted by Crippen LogP contribution is -2.29. The molecule has 1 amide bonds. The van der Waals surface area contributed by atoms with Crippen molar-refractivity contribution in [2.24, 2.45) is 0 Å². The van der Waals surface area contributed by atoms with E-state index in [2.05, 4.69) is 70.7 Å². The SMILES string of the molecule is CCN(CC)c1ccc(NC(=O)CNc2ccc(N3CCCCC3)cc2)c(C)c1. The van der Waals surface area contributed by atoms with Crippen molar-refractivity contribution in [2.45, 2.75) is 40.0 Å². The van der Waals surface area contributed by atoms with Crippen molar-refractivity contribution in [2.75, 3.05) is 53.2 Å². The molecule has 0 bridgehead atoms. The third kappa shape index (κ3) is 5.66. The fourth-order valence-electron chi connectivity index (χ4n) is 3.89. The number of amides is 1. The molecule has 2 N–H and O–H groups in total. The van der Waals surface area contributed by atoms with Crippen LogP contribution in [0, 0.1) is 6.92 Å². The molecule has 2 aromatic rings. The fourth-order valence-corrected chi connectivity index (χ4v) is 3.89. The Hall–Kier alpha value is -2.69. The highest BCUT2D eigenvalue weighted by atomic mass is 16.1. The van der Waals surface area contributed by atoms with Gasteiger partial charge in [0.05, 0.1) is 6.54 Å². The molecular weight excluding hydrogens is 360 g/mol. The molecule has 1 aliphatic heterocycles. The maximum Gasteiger partial charge on any atom is 0.243 e. The number of aryl methyl sites for hydroxylation is 1. The third-order valence-electron chi connectivity index (χ3n) is 5.65. The van der Waals surface area contributed by atoms with Gasteiger partial charge in [-0.05, 0) is 88.1 Å². The van der Waals surface area contributed by atoms with Crippen molar-refractivity contribution in [3.05, 3.63) is 48.0 Å². The maximum atomic E-state index is 12.4. The smallest absolute Gasteiger partial charge is 0.243 e. The Morgan fingerprint density at radius 3 is 2.31 bits per heavy atom. The minimum atomic E-state index is -0.0382. The quantitative estimate of drug-likeness (QED) is 0.670. The average molecular weight is 395 g/mol. The predicted molar refractivity (Wildman–Crippen MR) is 124 cm³/mol. The molecule has 1 heterocycles. The first kappa shape index (κ1) is 21.0. The van der Waals surface area contributed by atoms with Gasteiger partial charge >= 0.3 is 0 Å². The van der Waals surface area contributed by atoms with Crippen LogP contribution in [0.5, 0.6) is 0 Å². The normalized spacial score (nSPS) is 13.8. The van der Waals surface area contributed by atoms with Gasteiger partial charge in [-0.15, -0.1) is 0 Å². The highest BCUT2D eigenvalue weighted by Gasteiger charge is 2.11. The van der Waals surface area contributed by atoms with Gasteiger partial charge in [0.15, 0.2) is 0 Å². The van der Waals surface area contributed by atoms with Crippen molar-refractivity contribution >= 4 is 28.7 Å². The maximum absolute atomic E-state index is 12.4. The summed E-state index contributed by atoms with van der Waals surface area (Å²) in [6.45, 7) is 10.8. The monoisotopic (exact) mass is 394 g/mol. The average Bonchev–Trinajstić information content (AvgIpc) is 2.76. The van der Waals surface area contributed by atoms with Gasteiger partial charge in [-0.25, -0.2) is 0 Å². The molecule has 0 unspecified atom stereocenters. The van der Waals surface area contributed by atoms with E-state index >= 15 is 0 Å². The molecule has 3 rings (SSSR count). The minimum Gasteiger partial charge on any atom is -0.376 e. The number of rotatable bonds is 8. The molecule has 2 aromatic carbocycles. The second-order valence-corrected chi connectivity index (χ2v) is 7.67. The van der Waals surface area contributed by atoms with E-state index in [1.807, 2.05) is 13.0 Å². The molecule has 5 heteroatoms. The summed E-state index contributed by atoms with van der Waals surface area (Å²) in [6.07, 6.45) is 3.88. The number of hydrogen-bond acceptors (Lipinski definition) is 4. The molecule has 1 fully saturated rings. The van der Waals surface area contributed by atoms with Crippen LogP contribution in [-0.2, 0) is 4.79 Å². The van der Waals surface area contributed by atoms with E-state index in [1.165, 1.54) is 30.6 Å². The van der Waals surface area contributed by atoms with Gasteiger partial charge in [-0.1, -0.05) is 0 Å². The first-order valence-corrected chi connectivity index (χ1v) is 10.8. The summed E-state index contributed by atoms with van der Waals surface area (Å²) in [6, 6.07) is 14.6. The van der Waals surface area contributed by atoms with Crippen molar-refractivity contribution in [1.29, 1.82) is 0 Å². The Bertz CT molecular complexity index is 793. The second-order valence-electron chi connectivity index (χ2n) is 7.67. The third-order valence-corrected chi connectivity index (χ3v) is 5.65. The molecule has 0 saturated carbocycles. The number of carbonyl (C=O) groups excluding carboxylic acids is 1. The van der Waals surface area contributed by atoms with E-state index in [1.54, 1.807) is 0 Å². The number of hydrogen-bond donors (Lipinski definition) is 2. The largest absolute Gasteiger partial charge is 0.376 e. The van der Waals surface area contributed by atoms with Crippen molar-refractivity contribution in [3.8, 4) is 0 Å². The van der Waals surface area contributed by atoms with E-state index in [0.29, 0.717) is 0 Å². The predicted octanol–water partition coefficient (Wildman–Crippen LogP) is 4.88. The molecule has 0 spiro atoms. The van der Waals surface area contributed by atoms with Crippen molar-refractivity contribution < 1.29 is 4.79 Å². The van der Waals surface area contributed by atoms with Crippen LogP contribution in [0.1, 0.15) is 38.7 Å². The lowest BCUT2D eigenvalue weighted by atomic mass is 10.1. The zero-order chi connectivity index (χ0) is 20.6. The zero-order valence-corrected chi connectivity index (χ0v) is 18.0. The highest BCUT2D eigenvalue weighted by Crippen LogP contribution is 2.23. The fraction of sp³-hybridized carbons (Fsp3) is 0.458. The summed E-state index contributed by atoms with van der Waals surface area (Å²) >= 11 is 0. The Morgan fingerprint density at radius 1 is 1.00 bits per heavy atom. The Labute approximate surface area is 175 Å². The molecule has 156 valence electrons. The Balaban J connectivity index is 1.52. The summed E-state index contributed by atoms with van der Waals surface area (Å²) in [5.74, 6) is -0.0382. The van der Waals surface area contributed by atoms with E-state index in [4.69, 9.17) is 0 Å². The Kier molecular flexibility index (Phi) is 7.39. The molecule has 0 aromatic heterocycles. The summed E-state index contributed by atoms with van der Waals surface area (Å²) in [5.41, 5.74) is 5.37. The first-order valence-electron chi connectivity index (χ1n) is 10.8. The highest BCUT2D eigenvalue weighted by molar-refractivity contribution is 5.94. The molecule has 0 atom stereocenters. The molecule has 5 nitrogen and oxygen atoms in total. The van der Waals surface area contributed by atoms with Crippen LogP contribution in [0.3, 0.4) is 0 Å². The van der Waals surface area contributed by atoms with Gasteiger partial charge in [0.25, 0.3) is 0 Å².